The highest BCUT2D eigenvalue weighted by Crippen LogP contribution is 2.28. The fourth-order valence-electron chi connectivity index (χ4n) is 4.32. The van der Waals surface area contributed by atoms with Crippen LogP contribution in [0.1, 0.15) is 10.4 Å². The summed E-state index contributed by atoms with van der Waals surface area (Å²) in [6, 6.07) is 16.4. The topological polar surface area (TPSA) is 65.8 Å². The Hall–Kier alpha value is -3.71. The predicted octanol–water partition coefficient (Wildman–Crippen LogP) is 3.73. The molecule has 1 aromatic heterocycles. The zero-order valence-corrected chi connectivity index (χ0v) is 17.6. The van der Waals surface area contributed by atoms with Crippen molar-refractivity contribution in [2.24, 2.45) is 0 Å². The lowest BCUT2D eigenvalue weighted by atomic mass is 10.1. The minimum absolute atomic E-state index is 0.0495. The molecule has 0 spiro atoms. The van der Waals surface area contributed by atoms with E-state index in [0.29, 0.717) is 30.0 Å². The second-order valence-corrected chi connectivity index (χ2v) is 8.19. The number of fused-ring (bicyclic) bond motifs is 2. The normalized spacial score (nSPS) is 14.9. The highest BCUT2D eigenvalue weighted by atomic mass is 19.1. The van der Waals surface area contributed by atoms with Crippen LogP contribution in [0.25, 0.3) is 27.4 Å². The first-order valence-electron chi connectivity index (χ1n) is 10.5. The summed E-state index contributed by atoms with van der Waals surface area (Å²) in [5.41, 5.74) is 0.520. The molecule has 1 N–H and O–H groups in total. The number of halogens is 1. The quantitative estimate of drug-likeness (QED) is 0.536. The van der Waals surface area contributed by atoms with E-state index in [0.717, 1.165) is 23.9 Å². The van der Waals surface area contributed by atoms with E-state index in [2.05, 4.69) is 4.90 Å². The number of nitrogens with zero attached hydrogens (tertiary/aromatic N) is 3. The van der Waals surface area contributed by atoms with E-state index < -0.39 is 22.8 Å². The van der Waals surface area contributed by atoms with Gasteiger partial charge in [0, 0.05) is 43.4 Å². The second-order valence-electron chi connectivity index (χ2n) is 8.19. The molecular formula is C25H22FN3O3. The molecule has 1 aliphatic rings. The Morgan fingerprint density at radius 1 is 0.969 bits per heavy atom. The number of aromatic carboxylic acids is 1. The van der Waals surface area contributed by atoms with Crippen molar-refractivity contribution in [3.63, 3.8) is 0 Å². The zero-order valence-electron chi connectivity index (χ0n) is 17.6. The number of benzene rings is 3. The number of anilines is 1. The van der Waals surface area contributed by atoms with Crippen molar-refractivity contribution in [3.8, 4) is 5.69 Å². The number of carboxylic acid groups (broad SMARTS) is 1. The molecule has 32 heavy (non-hydrogen) atoms. The average Bonchev–Trinajstić information content (AvgIpc) is 2.79. The molecule has 2 heterocycles. The lowest BCUT2D eigenvalue weighted by Gasteiger charge is -2.34. The van der Waals surface area contributed by atoms with E-state index in [1.54, 1.807) is 10.6 Å². The number of likely N-dealkylation sites (N-methyl/N-ethyl adjacent to an activating group) is 1. The zero-order chi connectivity index (χ0) is 22.4. The van der Waals surface area contributed by atoms with Crippen molar-refractivity contribution in [3.05, 3.63) is 82.4 Å². The number of rotatable bonds is 3. The molecule has 5 rings (SSSR count). The Labute approximate surface area is 183 Å². The van der Waals surface area contributed by atoms with E-state index >= 15 is 4.39 Å². The molecule has 1 fully saturated rings. The molecule has 6 nitrogen and oxygen atoms in total. The Morgan fingerprint density at radius 2 is 1.69 bits per heavy atom. The number of hydrogen-bond donors (Lipinski definition) is 1. The molecule has 4 aromatic rings. The molecule has 7 heteroatoms. The Bertz CT molecular complexity index is 1420. The van der Waals surface area contributed by atoms with Crippen LogP contribution in [0.3, 0.4) is 0 Å². The van der Waals surface area contributed by atoms with Gasteiger partial charge in [0.05, 0.1) is 11.2 Å². The Kier molecular flexibility index (Phi) is 4.90. The number of hydrogen-bond acceptors (Lipinski definition) is 4. The molecule has 0 unspecified atom stereocenters. The summed E-state index contributed by atoms with van der Waals surface area (Å²) in [7, 11) is 2.03. The van der Waals surface area contributed by atoms with Gasteiger partial charge in [-0.3, -0.25) is 4.79 Å². The van der Waals surface area contributed by atoms with Gasteiger partial charge in [0.1, 0.15) is 11.4 Å². The van der Waals surface area contributed by atoms with Gasteiger partial charge >= 0.3 is 5.97 Å². The van der Waals surface area contributed by atoms with Crippen molar-refractivity contribution < 1.29 is 14.3 Å². The number of carboxylic acids is 1. The van der Waals surface area contributed by atoms with Crippen LogP contribution in [0.5, 0.6) is 0 Å². The first kappa shape index (κ1) is 20.2. The fraction of sp³-hybridized carbons (Fsp3) is 0.200. The molecule has 0 atom stereocenters. The summed E-state index contributed by atoms with van der Waals surface area (Å²) >= 11 is 0. The van der Waals surface area contributed by atoms with Gasteiger partial charge in [0.15, 0.2) is 0 Å². The maximum atomic E-state index is 15.1. The second kappa shape index (κ2) is 7.76. The van der Waals surface area contributed by atoms with E-state index in [4.69, 9.17) is 0 Å². The summed E-state index contributed by atoms with van der Waals surface area (Å²) in [6.07, 6.45) is 1.34. The third kappa shape index (κ3) is 3.40. The van der Waals surface area contributed by atoms with E-state index in [9.17, 15) is 14.7 Å². The minimum atomic E-state index is -1.34. The summed E-state index contributed by atoms with van der Waals surface area (Å²) in [5.74, 6) is -1.86. The highest BCUT2D eigenvalue weighted by molar-refractivity contribution is 5.95. The van der Waals surface area contributed by atoms with Crippen molar-refractivity contribution in [1.82, 2.24) is 9.47 Å². The molecule has 3 aromatic carbocycles. The number of carbonyl (C=O) groups is 1. The lowest BCUT2D eigenvalue weighted by Crippen LogP contribution is -2.44. The smallest absolute Gasteiger partial charge is 0.341 e. The minimum Gasteiger partial charge on any atom is -0.477 e. The number of piperazine rings is 1. The van der Waals surface area contributed by atoms with E-state index in [1.807, 2.05) is 54.4 Å². The molecule has 162 valence electrons. The van der Waals surface area contributed by atoms with Gasteiger partial charge in [0.25, 0.3) is 0 Å². The maximum absolute atomic E-state index is 15.1. The first-order valence-corrected chi connectivity index (χ1v) is 10.5. The molecule has 0 amide bonds. The molecule has 0 bridgehead atoms. The van der Waals surface area contributed by atoms with Gasteiger partial charge in [-0.15, -0.1) is 0 Å². The maximum Gasteiger partial charge on any atom is 0.341 e. The van der Waals surface area contributed by atoms with Crippen LogP contribution in [0.2, 0.25) is 0 Å². The summed E-state index contributed by atoms with van der Waals surface area (Å²) < 4.78 is 16.8. The van der Waals surface area contributed by atoms with Crippen LogP contribution < -0.4 is 10.3 Å². The molecule has 0 saturated carbocycles. The SMILES string of the molecule is CN1CCN(c2cc3c(cc2F)c(=O)c(C(=O)O)cn3-c2ccc3ccccc3c2)CC1. The van der Waals surface area contributed by atoms with Gasteiger partial charge in [-0.2, -0.15) is 0 Å². The molecule has 1 aliphatic heterocycles. The van der Waals surface area contributed by atoms with Crippen LogP contribution in [-0.2, 0) is 0 Å². The van der Waals surface area contributed by atoms with Gasteiger partial charge < -0.3 is 19.5 Å². The predicted molar refractivity (Wildman–Crippen MR) is 124 cm³/mol. The number of aromatic nitrogens is 1. The van der Waals surface area contributed by atoms with Gasteiger partial charge in [0.2, 0.25) is 5.43 Å². The van der Waals surface area contributed by atoms with Crippen LogP contribution in [0, 0.1) is 5.82 Å². The summed E-state index contributed by atoms with van der Waals surface area (Å²) in [4.78, 5) is 28.8. The van der Waals surface area contributed by atoms with Crippen LogP contribution in [0.4, 0.5) is 10.1 Å². The number of pyridine rings is 1. The lowest BCUT2D eigenvalue weighted by molar-refractivity contribution is 0.0695. The third-order valence-corrected chi connectivity index (χ3v) is 6.16. The van der Waals surface area contributed by atoms with Crippen LogP contribution in [-0.4, -0.2) is 53.8 Å². The largest absolute Gasteiger partial charge is 0.477 e. The summed E-state index contributed by atoms with van der Waals surface area (Å²) in [6.45, 7) is 2.97. The third-order valence-electron chi connectivity index (χ3n) is 6.16. The summed E-state index contributed by atoms with van der Waals surface area (Å²) in [5, 5.41) is 11.7. The molecule has 0 radical (unpaired) electrons. The van der Waals surface area contributed by atoms with Gasteiger partial charge in [-0.1, -0.05) is 30.3 Å². The van der Waals surface area contributed by atoms with Crippen molar-refractivity contribution in [1.29, 1.82) is 0 Å². The van der Waals surface area contributed by atoms with Crippen molar-refractivity contribution in [2.45, 2.75) is 0 Å². The van der Waals surface area contributed by atoms with Gasteiger partial charge in [-0.25, -0.2) is 9.18 Å². The van der Waals surface area contributed by atoms with Gasteiger partial charge in [-0.05, 0) is 42.1 Å². The van der Waals surface area contributed by atoms with Crippen molar-refractivity contribution >= 4 is 33.3 Å². The standard InChI is InChI=1S/C25H22FN3O3/c1-27-8-10-28(11-9-27)23-14-22-19(13-21(23)26)24(30)20(25(31)32)15-29(22)18-7-6-16-4-2-3-5-17(16)12-18/h2-7,12-15H,8-11H2,1H3,(H,31,32). The Morgan fingerprint density at radius 3 is 2.41 bits per heavy atom. The van der Waals surface area contributed by atoms with Crippen LogP contribution >= 0.6 is 0 Å². The van der Waals surface area contributed by atoms with Crippen LogP contribution in [0.15, 0.2) is 65.6 Å². The monoisotopic (exact) mass is 431 g/mol. The fourth-order valence-corrected chi connectivity index (χ4v) is 4.32. The average molecular weight is 431 g/mol. The molecule has 0 aliphatic carbocycles. The molecule has 1 saturated heterocycles. The van der Waals surface area contributed by atoms with E-state index in [1.165, 1.54) is 12.3 Å². The Balaban J connectivity index is 1.77. The van der Waals surface area contributed by atoms with E-state index in [-0.39, 0.29) is 5.39 Å². The molecular weight excluding hydrogens is 409 g/mol. The first-order chi connectivity index (χ1) is 15.4. The highest BCUT2D eigenvalue weighted by Gasteiger charge is 2.22. The van der Waals surface area contributed by atoms with Crippen molar-refractivity contribution in [2.75, 3.05) is 38.1 Å².